The normalized spacial score (nSPS) is 13.4. The van der Waals surface area contributed by atoms with Crippen molar-refractivity contribution in [2.75, 3.05) is 11.9 Å². The molecular formula is C97H177N3O2. The molecule has 7 rings (SSSR count). The van der Waals surface area contributed by atoms with E-state index in [0.717, 1.165) is 51.8 Å². The molecule has 0 bridgehead atoms. The van der Waals surface area contributed by atoms with Gasteiger partial charge in [0.05, 0.1) is 6.26 Å². The smallest absolute Gasteiger partial charge is 0.134 e. The number of benzene rings is 2. The first-order valence-electron chi connectivity index (χ1n) is 41.1. The lowest BCUT2D eigenvalue weighted by atomic mass is 9.83. The van der Waals surface area contributed by atoms with Crippen LogP contribution in [0.4, 0.5) is 5.69 Å². The molecule has 0 saturated carbocycles. The van der Waals surface area contributed by atoms with Crippen LogP contribution in [0.5, 0.6) is 5.75 Å². The van der Waals surface area contributed by atoms with Gasteiger partial charge in [-0.1, -0.05) is 410 Å². The van der Waals surface area contributed by atoms with Gasteiger partial charge < -0.3 is 25.4 Å². The summed E-state index contributed by atoms with van der Waals surface area (Å²) in [6, 6.07) is 16.5. The number of ether oxygens (including phenoxy) is 2. The van der Waals surface area contributed by atoms with Crippen LogP contribution < -0.4 is 20.7 Å². The summed E-state index contributed by atoms with van der Waals surface area (Å²) in [5.41, 5.74) is 20.1. The average molecular weight is 1420 g/mol. The van der Waals surface area contributed by atoms with Crippen LogP contribution in [-0.2, 0) is 4.74 Å². The van der Waals surface area contributed by atoms with Crippen LogP contribution in [-0.4, -0.2) is 6.54 Å². The molecule has 5 aliphatic heterocycles. The number of rotatable bonds is 10. The van der Waals surface area contributed by atoms with Crippen molar-refractivity contribution in [1.29, 1.82) is 0 Å². The van der Waals surface area contributed by atoms with Gasteiger partial charge >= 0.3 is 0 Å². The molecule has 5 aliphatic rings. The van der Waals surface area contributed by atoms with Crippen molar-refractivity contribution in [2.24, 2.45) is 59.2 Å². The number of hydrogen-bond acceptors (Lipinski definition) is 5. The molecule has 0 amide bonds. The zero-order valence-corrected chi connectivity index (χ0v) is 75.8. The molecule has 2 aromatic rings. The lowest BCUT2D eigenvalue weighted by Crippen LogP contribution is -2.20. The Kier molecular flexibility index (Phi) is 78.0. The number of para-hydroxylation sites is 2. The zero-order valence-electron chi connectivity index (χ0n) is 75.8. The monoisotopic (exact) mass is 1420 g/mol. The van der Waals surface area contributed by atoms with Crippen molar-refractivity contribution >= 4 is 16.8 Å². The number of nitrogens with one attached hydrogen (secondary N) is 3. The summed E-state index contributed by atoms with van der Waals surface area (Å²) in [5.74, 6) is 8.15. The third kappa shape index (κ3) is 49.1. The molecule has 592 valence electrons. The quantitative estimate of drug-likeness (QED) is 0.221. The summed E-state index contributed by atoms with van der Waals surface area (Å²) in [7, 11) is 0. The van der Waals surface area contributed by atoms with Crippen LogP contribution in [0, 0.1) is 59.2 Å². The topological polar surface area (TPSA) is 54.5 Å². The molecule has 0 unspecified atom stereocenters. The fraction of sp³-hybridized carbons (Fsp3) is 0.629. The molecule has 2 aromatic carbocycles. The van der Waals surface area contributed by atoms with Crippen LogP contribution in [0.3, 0.4) is 0 Å². The summed E-state index contributed by atoms with van der Waals surface area (Å²) in [4.78, 5) is 0. The number of allylic oxidation sites excluding steroid dienone is 15. The molecule has 0 saturated heterocycles. The van der Waals surface area contributed by atoms with E-state index < -0.39 is 0 Å². The third-order valence-corrected chi connectivity index (χ3v) is 13.3. The van der Waals surface area contributed by atoms with E-state index >= 15 is 0 Å². The Morgan fingerprint density at radius 1 is 0.343 bits per heavy atom. The predicted molar refractivity (Wildman–Crippen MR) is 476 cm³/mol. The third-order valence-electron chi connectivity index (χ3n) is 13.3. The van der Waals surface area contributed by atoms with E-state index in [2.05, 4.69) is 356 Å². The maximum atomic E-state index is 6.06. The minimum absolute atomic E-state index is 0.387. The maximum absolute atomic E-state index is 6.06. The predicted octanol–water partition coefficient (Wildman–Crippen LogP) is 33.1. The minimum atomic E-state index is 0.387. The van der Waals surface area contributed by atoms with Gasteiger partial charge in [-0.25, -0.2) is 0 Å². The molecule has 102 heavy (non-hydrogen) atoms. The van der Waals surface area contributed by atoms with Gasteiger partial charge in [-0.15, -0.1) is 0 Å². The van der Waals surface area contributed by atoms with Gasteiger partial charge in [-0.05, 0) is 122 Å². The Hall–Kier alpha value is -5.68. The highest BCUT2D eigenvalue weighted by Gasteiger charge is 2.28. The van der Waals surface area contributed by atoms with Gasteiger partial charge in [0.15, 0.2) is 0 Å². The van der Waals surface area contributed by atoms with Crippen molar-refractivity contribution < 1.29 is 9.47 Å². The molecule has 0 fully saturated rings. The molecular weight excluding hydrogens is 1240 g/mol. The van der Waals surface area contributed by atoms with Crippen LogP contribution in [0.2, 0.25) is 0 Å². The largest absolute Gasteiger partial charge is 0.469 e. The summed E-state index contributed by atoms with van der Waals surface area (Å²) in [6.07, 6.45) is 20.2. The number of hydrogen-bond donors (Lipinski definition) is 3. The van der Waals surface area contributed by atoms with Crippen LogP contribution in [0.15, 0.2) is 179 Å². The average Bonchev–Trinajstić information content (AvgIpc) is 0.978. The fourth-order valence-corrected chi connectivity index (χ4v) is 9.98. The molecule has 0 aromatic heterocycles. The highest BCUT2D eigenvalue weighted by atomic mass is 16.5. The first-order valence-corrected chi connectivity index (χ1v) is 41.1. The second-order valence-electron chi connectivity index (χ2n) is 29.8. The number of anilines is 1. The van der Waals surface area contributed by atoms with Crippen molar-refractivity contribution in [3.05, 3.63) is 190 Å². The molecule has 5 heteroatoms. The maximum Gasteiger partial charge on any atom is 0.134 e. The molecule has 0 atom stereocenters. The Balaban J connectivity index is -0.000000165. The van der Waals surface area contributed by atoms with Gasteiger partial charge in [0.2, 0.25) is 0 Å². The standard InChI is InChI=1S/C16H21N.C16H20O.C12H19N.C12H18O.C11H19N.10C3H8/c2*1-10(2)15-12(5)13-8-6-7-9-14(13)17-16(15)11(3)4;2*1-8(2)11-10(5)6-7-13-12(11)9(3)4;1-7(2)10-6-12-9(5)11(10)8(3)4;10*1-3-2/h6-11,17H,5H2,1-4H3;6-11H,5H2,1-4H3;6-9,13H,5H2,1-4H3;6-9H,5H2,1-4H3;7-8,12H,5-6H2,1-4H3;10*3H2,1-2H3. The van der Waals surface area contributed by atoms with Gasteiger partial charge in [0.25, 0.3) is 0 Å². The van der Waals surface area contributed by atoms with E-state index in [-0.39, 0.29) is 0 Å². The van der Waals surface area contributed by atoms with Crippen molar-refractivity contribution in [2.45, 2.75) is 341 Å². The van der Waals surface area contributed by atoms with Gasteiger partial charge in [0, 0.05) is 64.1 Å². The second kappa shape index (κ2) is 71.0. The van der Waals surface area contributed by atoms with Crippen molar-refractivity contribution in [3.63, 3.8) is 0 Å². The van der Waals surface area contributed by atoms with Crippen LogP contribution >= 0.6 is 0 Å². The lowest BCUT2D eigenvalue weighted by molar-refractivity contribution is 0.290. The Morgan fingerprint density at radius 2 is 0.686 bits per heavy atom. The van der Waals surface area contributed by atoms with Crippen molar-refractivity contribution in [3.8, 4) is 5.75 Å². The molecule has 5 heterocycles. The molecule has 0 spiro atoms. The van der Waals surface area contributed by atoms with E-state index in [0.29, 0.717) is 59.2 Å². The Morgan fingerprint density at radius 3 is 1.01 bits per heavy atom. The summed E-state index contributed by atoms with van der Waals surface area (Å²) in [6.45, 7) is 108. The molecule has 0 aliphatic carbocycles. The SMILES string of the molecule is C=C1C(C(C)C)=C(C(C)C)Nc2ccccc21.C=C1C(C(C)C)=C(C(C)C)Oc2ccccc21.C=C1C=CNC(C(C)C)=C1C(C)C.C=C1C=COC(C(C)C)=C1C(C)C.C=C1NCC(C(C)C)=C1C(C)C.CCC.CCC.CCC.CCC.CCC.CCC.CCC.CCC.CCC.CCC. The second-order valence-corrected chi connectivity index (χ2v) is 29.8. The molecule has 3 N–H and O–H groups in total. The Labute approximate surface area is 641 Å². The van der Waals surface area contributed by atoms with Gasteiger partial charge in [0.1, 0.15) is 17.3 Å². The van der Waals surface area contributed by atoms with E-state index in [4.69, 9.17) is 9.47 Å². The fourth-order valence-electron chi connectivity index (χ4n) is 9.98. The van der Waals surface area contributed by atoms with Crippen LogP contribution in [0.1, 0.15) is 352 Å². The van der Waals surface area contributed by atoms with E-state index in [9.17, 15) is 0 Å². The number of fused-ring (bicyclic) bond motifs is 2. The zero-order chi connectivity index (χ0) is 81.5. The first kappa shape index (κ1) is 112. The summed E-state index contributed by atoms with van der Waals surface area (Å²) < 4.78 is 11.6. The van der Waals surface area contributed by atoms with Gasteiger partial charge in [-0.2, -0.15) is 0 Å². The summed E-state index contributed by atoms with van der Waals surface area (Å²) in [5, 5.41) is 10.2. The van der Waals surface area contributed by atoms with E-state index in [1.54, 1.807) is 6.26 Å². The van der Waals surface area contributed by atoms with Gasteiger partial charge in [-0.3, -0.25) is 0 Å². The lowest BCUT2D eigenvalue weighted by Gasteiger charge is -2.30. The van der Waals surface area contributed by atoms with E-state index in [1.807, 2.05) is 36.6 Å². The molecule has 5 nitrogen and oxygen atoms in total. The highest BCUT2D eigenvalue weighted by Crippen LogP contribution is 2.43. The van der Waals surface area contributed by atoms with Crippen molar-refractivity contribution in [1.82, 2.24) is 10.6 Å². The first-order chi connectivity index (χ1) is 47.8. The van der Waals surface area contributed by atoms with Crippen LogP contribution in [0.25, 0.3) is 11.1 Å². The molecule has 0 radical (unpaired) electrons. The number of dihydropyridines is 1. The minimum Gasteiger partial charge on any atom is -0.469 e. The Bertz CT molecular complexity index is 2510. The van der Waals surface area contributed by atoms with E-state index in [1.165, 1.54) is 126 Å². The summed E-state index contributed by atoms with van der Waals surface area (Å²) >= 11 is 0. The highest BCUT2D eigenvalue weighted by molar-refractivity contribution is 5.89.